The van der Waals surface area contributed by atoms with Crippen LogP contribution in [0.4, 0.5) is 13.2 Å². The highest BCUT2D eigenvalue weighted by Crippen LogP contribution is 2.40. The molecule has 12 heteroatoms. The lowest BCUT2D eigenvalue weighted by Crippen LogP contribution is -2.36. The number of carbonyl (C=O) groups excluding carboxylic acids is 1. The van der Waals surface area contributed by atoms with E-state index in [1.807, 2.05) is 4.90 Å². The van der Waals surface area contributed by atoms with Gasteiger partial charge in [-0.25, -0.2) is 4.79 Å². The lowest BCUT2D eigenvalue weighted by molar-refractivity contribution is -0.154. The first kappa shape index (κ1) is 29.0. The van der Waals surface area contributed by atoms with Gasteiger partial charge < -0.3 is 28.1 Å². The van der Waals surface area contributed by atoms with Gasteiger partial charge in [0.25, 0.3) is 5.76 Å². The molecule has 0 N–H and O–H groups in total. The minimum atomic E-state index is -5.08. The van der Waals surface area contributed by atoms with Gasteiger partial charge in [-0.1, -0.05) is 0 Å². The van der Waals surface area contributed by atoms with E-state index in [4.69, 9.17) is 28.1 Å². The third kappa shape index (κ3) is 6.19. The maximum Gasteiger partial charge on any atom is 0.453 e. The Bertz CT molecular complexity index is 1630. The Labute approximate surface area is 237 Å². The van der Waals surface area contributed by atoms with E-state index in [1.54, 1.807) is 12.1 Å². The zero-order chi connectivity index (χ0) is 29.9. The van der Waals surface area contributed by atoms with Crippen molar-refractivity contribution >= 4 is 16.9 Å². The van der Waals surface area contributed by atoms with Gasteiger partial charge in [-0.3, -0.25) is 9.69 Å². The van der Waals surface area contributed by atoms with E-state index in [0.29, 0.717) is 37.8 Å². The Hall–Kier alpha value is -4.55. The molecule has 42 heavy (non-hydrogen) atoms. The van der Waals surface area contributed by atoms with Crippen LogP contribution in [0.5, 0.6) is 28.7 Å². The van der Waals surface area contributed by atoms with Gasteiger partial charge in [-0.05, 0) is 60.7 Å². The van der Waals surface area contributed by atoms with Crippen LogP contribution in [0.25, 0.3) is 11.0 Å². The summed E-state index contributed by atoms with van der Waals surface area (Å²) in [5.41, 5.74) is -1.10. The molecule has 5 rings (SSSR count). The van der Waals surface area contributed by atoms with Crippen molar-refractivity contribution in [2.45, 2.75) is 12.7 Å². The molecule has 1 fully saturated rings. The summed E-state index contributed by atoms with van der Waals surface area (Å²) in [4.78, 5) is 28.4. The molecule has 0 saturated carbocycles. The second kappa shape index (κ2) is 12.1. The molecule has 1 aliphatic rings. The average Bonchev–Trinajstić information content (AvgIpc) is 2.99. The fraction of sp³-hybridized carbons (Fsp3) is 0.267. The van der Waals surface area contributed by atoms with Crippen LogP contribution in [0.1, 0.15) is 21.7 Å². The van der Waals surface area contributed by atoms with Gasteiger partial charge in [0.2, 0.25) is 11.2 Å². The van der Waals surface area contributed by atoms with Crippen LogP contribution < -0.4 is 24.4 Å². The topological polar surface area (TPSA) is 96.7 Å². The van der Waals surface area contributed by atoms with Crippen LogP contribution in [0, 0.1) is 0 Å². The van der Waals surface area contributed by atoms with Crippen LogP contribution >= 0.6 is 0 Å². The zero-order valence-electron chi connectivity index (χ0n) is 22.7. The third-order valence-corrected chi connectivity index (χ3v) is 6.63. The molecule has 9 nitrogen and oxygen atoms in total. The van der Waals surface area contributed by atoms with Crippen LogP contribution in [-0.4, -0.2) is 51.4 Å². The quantitative estimate of drug-likeness (QED) is 0.191. The molecule has 4 aromatic rings. The second-order valence-electron chi connectivity index (χ2n) is 9.29. The van der Waals surface area contributed by atoms with Gasteiger partial charge in [-0.15, -0.1) is 0 Å². The van der Waals surface area contributed by atoms with Crippen molar-refractivity contribution < 1.29 is 46.1 Å². The van der Waals surface area contributed by atoms with Gasteiger partial charge in [0.15, 0.2) is 0 Å². The molecule has 1 aliphatic heterocycles. The van der Waals surface area contributed by atoms with Crippen LogP contribution in [-0.2, 0) is 17.5 Å². The summed E-state index contributed by atoms with van der Waals surface area (Å²) in [7, 11) is 2.92. The first-order chi connectivity index (χ1) is 20.2. The number of alkyl halides is 3. The van der Waals surface area contributed by atoms with Crippen molar-refractivity contribution in [2.24, 2.45) is 0 Å². The second-order valence-corrected chi connectivity index (χ2v) is 9.29. The molecule has 3 aromatic carbocycles. The van der Waals surface area contributed by atoms with E-state index < -0.39 is 29.1 Å². The van der Waals surface area contributed by atoms with Crippen molar-refractivity contribution in [1.82, 2.24) is 4.90 Å². The average molecular weight is 586 g/mol. The molecule has 0 radical (unpaired) electrons. The third-order valence-electron chi connectivity index (χ3n) is 6.63. The number of carbonyl (C=O) groups is 1. The predicted molar refractivity (Wildman–Crippen MR) is 145 cm³/mol. The number of halogens is 3. The molecule has 1 aromatic heterocycles. The van der Waals surface area contributed by atoms with Crippen molar-refractivity contribution in [3.8, 4) is 28.7 Å². The predicted octanol–water partition coefficient (Wildman–Crippen LogP) is 5.67. The number of esters is 1. The highest BCUT2D eigenvalue weighted by atomic mass is 19.4. The number of ether oxygens (including phenoxy) is 5. The largest absolute Gasteiger partial charge is 0.497 e. The number of hydrogen-bond acceptors (Lipinski definition) is 9. The van der Waals surface area contributed by atoms with E-state index >= 15 is 0 Å². The highest BCUT2D eigenvalue weighted by Gasteiger charge is 2.41. The van der Waals surface area contributed by atoms with Gasteiger partial charge in [0.05, 0.1) is 43.9 Å². The molecule has 2 heterocycles. The van der Waals surface area contributed by atoms with Gasteiger partial charge >= 0.3 is 12.1 Å². The molecule has 0 unspecified atom stereocenters. The summed E-state index contributed by atoms with van der Waals surface area (Å²) in [5.74, 6) is -2.47. The van der Waals surface area contributed by atoms with E-state index in [-0.39, 0.29) is 40.1 Å². The van der Waals surface area contributed by atoms with Crippen LogP contribution in [0.2, 0.25) is 0 Å². The molecule has 0 amide bonds. The number of methoxy groups -OCH3 is 2. The van der Waals surface area contributed by atoms with Crippen molar-refractivity contribution in [3.63, 3.8) is 0 Å². The smallest absolute Gasteiger partial charge is 0.453 e. The molecule has 0 bridgehead atoms. The Kier molecular flexibility index (Phi) is 8.36. The fourth-order valence-corrected chi connectivity index (χ4v) is 4.43. The van der Waals surface area contributed by atoms with E-state index in [1.165, 1.54) is 62.8 Å². The molecule has 1 saturated heterocycles. The standard InChI is InChI=1S/C30H26F3NO8/c1-37-19-5-3-18(4-6-19)29(36)41-24-12-11-22-25(35)27(40-21-9-7-20(38-2)8-10-21)28(30(31,32)33)42-26(22)23(24)17-34-13-15-39-16-14-34/h3-12H,13-17H2,1-2H3. The number of morpholine rings is 1. The maximum absolute atomic E-state index is 14.3. The van der Waals surface area contributed by atoms with E-state index in [9.17, 15) is 22.8 Å². The number of benzene rings is 3. The highest BCUT2D eigenvalue weighted by molar-refractivity contribution is 5.92. The summed E-state index contributed by atoms with van der Waals surface area (Å²) in [6.45, 7) is 1.78. The van der Waals surface area contributed by atoms with E-state index in [0.717, 1.165) is 0 Å². The Balaban J connectivity index is 1.62. The summed E-state index contributed by atoms with van der Waals surface area (Å²) < 4.78 is 75.0. The SMILES string of the molecule is COc1ccc(Oc2c(C(F)(F)F)oc3c(CN4CCOCC4)c(OC(=O)c4ccc(OC)cc4)ccc3c2=O)cc1. The molecule has 220 valence electrons. The maximum atomic E-state index is 14.3. The number of fused-ring (bicyclic) bond motifs is 1. The Morgan fingerprint density at radius 2 is 1.48 bits per heavy atom. The first-order valence-corrected chi connectivity index (χ1v) is 12.9. The molecular weight excluding hydrogens is 559 g/mol. The van der Waals surface area contributed by atoms with Crippen LogP contribution in [0.3, 0.4) is 0 Å². The lowest BCUT2D eigenvalue weighted by atomic mass is 10.1. The summed E-state index contributed by atoms with van der Waals surface area (Å²) in [6.07, 6.45) is -5.08. The van der Waals surface area contributed by atoms with Crippen molar-refractivity contribution in [2.75, 3.05) is 40.5 Å². The normalized spacial score (nSPS) is 14.0. The monoisotopic (exact) mass is 585 g/mol. The number of rotatable bonds is 8. The number of nitrogens with zero attached hydrogens (tertiary/aromatic N) is 1. The van der Waals surface area contributed by atoms with E-state index in [2.05, 4.69) is 0 Å². The van der Waals surface area contributed by atoms with Crippen LogP contribution in [0.15, 0.2) is 69.9 Å². The molecule has 0 atom stereocenters. The van der Waals surface area contributed by atoms with Gasteiger partial charge in [-0.2, -0.15) is 13.2 Å². The van der Waals surface area contributed by atoms with Crippen molar-refractivity contribution in [3.05, 3.63) is 87.8 Å². The first-order valence-electron chi connectivity index (χ1n) is 12.9. The van der Waals surface area contributed by atoms with Gasteiger partial charge in [0, 0.05) is 19.6 Å². The summed E-state index contributed by atoms with van der Waals surface area (Å²) >= 11 is 0. The van der Waals surface area contributed by atoms with Crippen molar-refractivity contribution in [1.29, 1.82) is 0 Å². The Morgan fingerprint density at radius 1 is 0.881 bits per heavy atom. The molecular formula is C30H26F3NO8. The lowest BCUT2D eigenvalue weighted by Gasteiger charge is -2.27. The summed E-state index contributed by atoms with van der Waals surface area (Å²) in [5, 5.41) is -0.168. The molecule has 0 aliphatic carbocycles. The fourth-order valence-electron chi connectivity index (χ4n) is 4.43. The minimum absolute atomic E-state index is 0.0217. The van der Waals surface area contributed by atoms with Gasteiger partial charge in [0.1, 0.15) is 28.6 Å². The summed E-state index contributed by atoms with van der Waals surface area (Å²) in [6, 6.07) is 14.5. The minimum Gasteiger partial charge on any atom is -0.497 e. The zero-order valence-corrected chi connectivity index (χ0v) is 22.7. The molecule has 0 spiro atoms. The Morgan fingerprint density at radius 3 is 2.07 bits per heavy atom. The number of hydrogen-bond donors (Lipinski definition) is 0.